The second kappa shape index (κ2) is 7.43. The molecule has 0 radical (unpaired) electrons. The molecule has 0 aliphatic heterocycles. The molecule has 0 saturated carbocycles. The van der Waals surface area contributed by atoms with Crippen LogP contribution in [-0.4, -0.2) is 5.91 Å². The molecule has 1 aliphatic rings. The van der Waals surface area contributed by atoms with Crippen molar-refractivity contribution in [2.45, 2.75) is 26.2 Å². The summed E-state index contributed by atoms with van der Waals surface area (Å²) in [4.78, 5) is 12.6. The number of halogens is 2. The normalized spacial score (nSPS) is 16.0. The van der Waals surface area contributed by atoms with Crippen LogP contribution >= 0.6 is 46.8 Å². The predicted molar refractivity (Wildman–Crippen MR) is 105 cm³/mol. The number of anilines is 1. The highest BCUT2D eigenvalue weighted by molar-refractivity contribution is 7.73. The minimum atomic E-state index is -0.382. The van der Waals surface area contributed by atoms with Crippen LogP contribution in [-0.2, 0) is 12.8 Å². The van der Waals surface area contributed by atoms with E-state index in [1.165, 1.54) is 17.4 Å². The first kappa shape index (κ1) is 18.3. The third-order valence-corrected chi connectivity index (χ3v) is 6.27. The van der Waals surface area contributed by atoms with Crippen LogP contribution in [0.25, 0.3) is 0 Å². The van der Waals surface area contributed by atoms with Crippen molar-refractivity contribution in [3.63, 3.8) is 0 Å². The van der Waals surface area contributed by atoms with Crippen molar-refractivity contribution >= 4 is 57.7 Å². The Morgan fingerprint density at radius 2 is 2.16 bits per heavy atom. The van der Waals surface area contributed by atoms with Gasteiger partial charge in [-0.2, -0.15) is 5.26 Å². The standard InChI is InChI=1S/C18H14Cl2N2OS2/c1-9-2-4-11-13(6-9)18(24)25-17(14(11)8-21)22-16(23)12-5-3-10(19)7-15(12)20/h3,5,7,9H,2,4,6H2,1H3,(H,22,23). The second-order valence-electron chi connectivity index (χ2n) is 6.09. The highest BCUT2D eigenvalue weighted by Crippen LogP contribution is 2.36. The summed E-state index contributed by atoms with van der Waals surface area (Å²) in [6, 6.07) is 6.92. The van der Waals surface area contributed by atoms with Crippen LogP contribution in [0.2, 0.25) is 10.0 Å². The van der Waals surface area contributed by atoms with Gasteiger partial charge in [-0.1, -0.05) is 42.3 Å². The number of carbonyl (C=O) groups excluding carboxylic acids is 1. The molecule has 0 saturated heterocycles. The summed E-state index contributed by atoms with van der Waals surface area (Å²) in [6.45, 7) is 2.19. The van der Waals surface area contributed by atoms with Gasteiger partial charge in [0.2, 0.25) is 0 Å². The van der Waals surface area contributed by atoms with Gasteiger partial charge in [-0.15, -0.1) is 11.3 Å². The Morgan fingerprint density at radius 3 is 2.84 bits per heavy atom. The van der Waals surface area contributed by atoms with Crippen molar-refractivity contribution in [2.24, 2.45) is 5.92 Å². The van der Waals surface area contributed by atoms with Gasteiger partial charge in [-0.05, 0) is 54.5 Å². The molecule has 0 spiro atoms. The van der Waals surface area contributed by atoms with E-state index in [4.69, 9.17) is 35.4 Å². The minimum absolute atomic E-state index is 0.263. The van der Waals surface area contributed by atoms with Crippen molar-refractivity contribution in [1.82, 2.24) is 0 Å². The zero-order valence-corrected chi connectivity index (χ0v) is 16.5. The second-order valence-corrected chi connectivity index (χ2v) is 8.62. The average Bonchev–Trinajstić information content (AvgIpc) is 2.55. The summed E-state index contributed by atoms with van der Waals surface area (Å²) < 4.78 is 0.734. The van der Waals surface area contributed by atoms with Gasteiger partial charge in [0, 0.05) is 5.02 Å². The zero-order valence-electron chi connectivity index (χ0n) is 13.4. The van der Waals surface area contributed by atoms with E-state index in [-0.39, 0.29) is 10.9 Å². The average molecular weight is 409 g/mol. The van der Waals surface area contributed by atoms with Gasteiger partial charge in [0.05, 0.1) is 20.0 Å². The molecule has 1 unspecified atom stereocenters. The Hall–Kier alpha value is -1.45. The van der Waals surface area contributed by atoms with Gasteiger partial charge < -0.3 is 5.32 Å². The summed E-state index contributed by atoms with van der Waals surface area (Å²) in [6.07, 6.45) is 2.71. The van der Waals surface area contributed by atoms with Crippen molar-refractivity contribution < 1.29 is 4.79 Å². The molecule has 1 N–H and O–H groups in total. The van der Waals surface area contributed by atoms with Crippen molar-refractivity contribution in [2.75, 3.05) is 5.32 Å². The van der Waals surface area contributed by atoms with Gasteiger partial charge in [0.1, 0.15) is 11.1 Å². The Balaban J connectivity index is 2.01. The smallest absolute Gasteiger partial charge is 0.257 e. The Labute approximate surface area is 165 Å². The highest BCUT2D eigenvalue weighted by atomic mass is 35.5. The first-order chi connectivity index (χ1) is 11.9. The molecule has 7 heteroatoms. The first-order valence-electron chi connectivity index (χ1n) is 7.76. The lowest BCUT2D eigenvalue weighted by Gasteiger charge is -2.23. The van der Waals surface area contributed by atoms with E-state index in [9.17, 15) is 10.1 Å². The number of nitriles is 1. The third-order valence-electron chi connectivity index (χ3n) is 4.29. The van der Waals surface area contributed by atoms with E-state index >= 15 is 0 Å². The number of rotatable bonds is 2. The van der Waals surface area contributed by atoms with Gasteiger partial charge in [0.25, 0.3) is 5.91 Å². The van der Waals surface area contributed by atoms with Crippen LogP contribution in [0.4, 0.5) is 5.00 Å². The van der Waals surface area contributed by atoms with Gasteiger partial charge in [-0.3, -0.25) is 4.79 Å². The zero-order chi connectivity index (χ0) is 18.1. The van der Waals surface area contributed by atoms with Crippen molar-refractivity contribution in [3.8, 4) is 6.07 Å². The topological polar surface area (TPSA) is 52.9 Å². The van der Waals surface area contributed by atoms with Gasteiger partial charge >= 0.3 is 0 Å². The van der Waals surface area contributed by atoms with Crippen molar-refractivity contribution in [3.05, 3.63) is 54.3 Å². The van der Waals surface area contributed by atoms with E-state index in [0.717, 1.165) is 34.2 Å². The van der Waals surface area contributed by atoms with E-state index in [2.05, 4.69) is 18.3 Å². The third kappa shape index (κ3) is 3.73. The summed E-state index contributed by atoms with van der Waals surface area (Å²) in [5.74, 6) is 0.175. The maximum Gasteiger partial charge on any atom is 0.257 e. The molecule has 1 amide bonds. The number of fused-ring (bicyclic) bond motifs is 1. The lowest BCUT2D eigenvalue weighted by atomic mass is 9.85. The molecule has 3 nitrogen and oxygen atoms in total. The van der Waals surface area contributed by atoms with E-state index in [1.807, 2.05) is 0 Å². The molecule has 0 bridgehead atoms. The van der Waals surface area contributed by atoms with Gasteiger partial charge in [0.15, 0.2) is 0 Å². The van der Waals surface area contributed by atoms with E-state index in [1.54, 1.807) is 12.1 Å². The number of hydrogen-bond donors (Lipinski definition) is 1. The molecular weight excluding hydrogens is 395 g/mol. The van der Waals surface area contributed by atoms with Crippen LogP contribution in [0.15, 0.2) is 18.2 Å². The van der Waals surface area contributed by atoms with Crippen LogP contribution in [0, 0.1) is 21.1 Å². The fourth-order valence-corrected chi connectivity index (χ4v) is 4.87. The largest absolute Gasteiger partial charge is 0.312 e. The summed E-state index contributed by atoms with van der Waals surface area (Å²) in [7, 11) is 0. The monoisotopic (exact) mass is 408 g/mol. The molecular formula is C18H14Cl2N2OS2. The first-order valence-corrected chi connectivity index (χ1v) is 9.74. The molecule has 1 aliphatic carbocycles. The van der Waals surface area contributed by atoms with Crippen LogP contribution in [0.5, 0.6) is 0 Å². The SMILES string of the molecule is CC1CCc2c(C#N)c(NC(=O)c3ccc(Cl)cc3Cl)sc(=S)c2C1. The molecule has 1 heterocycles. The fourth-order valence-electron chi connectivity index (χ4n) is 2.99. The summed E-state index contributed by atoms with van der Waals surface area (Å²) in [5.41, 5.74) is 2.87. The number of amides is 1. The molecule has 1 aromatic carbocycles. The maximum atomic E-state index is 12.6. The molecule has 2 aromatic rings. The molecule has 0 fully saturated rings. The Morgan fingerprint density at radius 1 is 1.40 bits per heavy atom. The molecule has 1 aromatic heterocycles. The number of hydrogen-bond acceptors (Lipinski definition) is 4. The number of nitrogens with one attached hydrogen (secondary N) is 1. The van der Waals surface area contributed by atoms with Crippen LogP contribution < -0.4 is 5.32 Å². The molecule has 3 rings (SSSR count). The highest BCUT2D eigenvalue weighted by Gasteiger charge is 2.23. The van der Waals surface area contributed by atoms with Gasteiger partial charge in [-0.25, -0.2) is 0 Å². The van der Waals surface area contributed by atoms with Crippen LogP contribution in [0.1, 0.15) is 40.4 Å². The Bertz CT molecular complexity index is 963. The summed E-state index contributed by atoms with van der Waals surface area (Å²) in [5, 5.41) is 13.6. The number of carbonyl (C=O) groups is 1. The van der Waals surface area contributed by atoms with E-state index < -0.39 is 0 Å². The number of benzene rings is 1. The molecule has 1 atom stereocenters. The number of nitrogens with zero attached hydrogens (tertiary/aromatic N) is 1. The quantitative estimate of drug-likeness (QED) is 0.616. The van der Waals surface area contributed by atoms with Crippen LogP contribution in [0.3, 0.4) is 0 Å². The fraction of sp³-hybridized carbons (Fsp3) is 0.278. The molecule has 25 heavy (non-hydrogen) atoms. The molecule has 128 valence electrons. The lowest BCUT2D eigenvalue weighted by molar-refractivity contribution is 0.102. The lowest BCUT2D eigenvalue weighted by Crippen LogP contribution is -2.17. The van der Waals surface area contributed by atoms with E-state index in [0.29, 0.717) is 27.1 Å². The van der Waals surface area contributed by atoms with Crippen molar-refractivity contribution in [1.29, 1.82) is 5.26 Å². The predicted octanol–water partition coefficient (Wildman–Crippen LogP) is 6.03. The minimum Gasteiger partial charge on any atom is -0.312 e. The Kier molecular flexibility index (Phi) is 5.45. The summed E-state index contributed by atoms with van der Waals surface area (Å²) >= 11 is 18.8. The maximum absolute atomic E-state index is 12.6.